The maximum Gasteiger partial charge on any atom is 0.343 e. The van der Waals surface area contributed by atoms with E-state index in [0.29, 0.717) is 18.7 Å². The van der Waals surface area contributed by atoms with Gasteiger partial charge >= 0.3 is 5.63 Å². The highest BCUT2D eigenvalue weighted by Crippen LogP contribution is 2.26. The first-order valence-corrected chi connectivity index (χ1v) is 9.55. The fourth-order valence-corrected chi connectivity index (χ4v) is 4.06. The Morgan fingerprint density at radius 3 is 2.54 bits per heavy atom. The zero-order valence-corrected chi connectivity index (χ0v) is 15.1. The van der Waals surface area contributed by atoms with Gasteiger partial charge in [-0.05, 0) is 43.5 Å². The van der Waals surface area contributed by atoms with Crippen molar-refractivity contribution in [3.63, 3.8) is 0 Å². The van der Waals surface area contributed by atoms with E-state index >= 15 is 0 Å². The van der Waals surface area contributed by atoms with Crippen molar-refractivity contribution in [2.24, 2.45) is 0 Å². The van der Waals surface area contributed by atoms with E-state index in [1.165, 1.54) is 36.7 Å². The Morgan fingerprint density at radius 1 is 0.962 bits per heavy atom. The van der Waals surface area contributed by atoms with Crippen LogP contribution in [0, 0.1) is 0 Å². The summed E-state index contributed by atoms with van der Waals surface area (Å²) in [5.41, 5.74) is 3.35. The molecule has 0 amide bonds. The Hall–Kier alpha value is -2.11. The van der Waals surface area contributed by atoms with E-state index < -0.39 is 5.63 Å². The standard InChI is InChI=1S/C21H26N2O3/c24-20-18(13-22-9-4-1-5-10-22)15-26-21(25)19(20)14-23-11-8-16-6-2-3-7-17(16)12-23/h2-3,6-7,15,24H,1,4-5,8-14H2. The van der Waals surface area contributed by atoms with E-state index in [-0.39, 0.29) is 5.75 Å². The topological polar surface area (TPSA) is 56.9 Å². The fourth-order valence-electron chi connectivity index (χ4n) is 4.06. The van der Waals surface area contributed by atoms with Gasteiger partial charge in [0.25, 0.3) is 0 Å². The van der Waals surface area contributed by atoms with Gasteiger partial charge in [-0.2, -0.15) is 0 Å². The van der Waals surface area contributed by atoms with Crippen molar-refractivity contribution in [3.05, 3.63) is 63.2 Å². The maximum absolute atomic E-state index is 12.2. The Kier molecular flexibility index (Phi) is 5.09. The molecule has 138 valence electrons. The monoisotopic (exact) mass is 354 g/mol. The highest BCUT2D eigenvalue weighted by atomic mass is 16.4. The highest BCUT2D eigenvalue weighted by Gasteiger charge is 2.22. The number of piperidine rings is 1. The van der Waals surface area contributed by atoms with Crippen LogP contribution in [-0.4, -0.2) is 34.5 Å². The molecule has 0 radical (unpaired) electrons. The molecule has 1 saturated heterocycles. The molecule has 0 bridgehead atoms. The second-order valence-corrected chi connectivity index (χ2v) is 7.44. The van der Waals surface area contributed by atoms with Crippen molar-refractivity contribution < 1.29 is 9.52 Å². The summed E-state index contributed by atoms with van der Waals surface area (Å²) in [6.07, 6.45) is 6.06. The van der Waals surface area contributed by atoms with E-state index in [0.717, 1.165) is 38.2 Å². The van der Waals surface area contributed by atoms with Crippen LogP contribution in [0.3, 0.4) is 0 Å². The fraction of sp³-hybridized carbons (Fsp3) is 0.476. The van der Waals surface area contributed by atoms with E-state index in [1.54, 1.807) is 0 Å². The van der Waals surface area contributed by atoms with Crippen LogP contribution in [0.5, 0.6) is 5.75 Å². The van der Waals surface area contributed by atoms with Crippen LogP contribution in [0.4, 0.5) is 0 Å². The molecule has 0 spiro atoms. The molecule has 2 aromatic rings. The van der Waals surface area contributed by atoms with Crippen molar-refractivity contribution in [1.29, 1.82) is 0 Å². The summed E-state index contributed by atoms with van der Waals surface area (Å²) in [7, 11) is 0. The number of rotatable bonds is 4. The van der Waals surface area contributed by atoms with E-state index in [9.17, 15) is 9.90 Å². The third-order valence-electron chi connectivity index (χ3n) is 5.58. The summed E-state index contributed by atoms with van der Waals surface area (Å²) < 4.78 is 5.25. The zero-order chi connectivity index (χ0) is 17.9. The predicted octanol–water partition coefficient (Wildman–Crippen LogP) is 2.89. The molecule has 1 aromatic carbocycles. The Balaban J connectivity index is 1.51. The number of hydrogen-bond donors (Lipinski definition) is 1. The summed E-state index contributed by atoms with van der Waals surface area (Å²) in [4.78, 5) is 16.8. The molecule has 5 nitrogen and oxygen atoms in total. The molecule has 1 aromatic heterocycles. The summed E-state index contributed by atoms with van der Waals surface area (Å²) in [5, 5.41) is 10.7. The lowest BCUT2D eigenvalue weighted by Crippen LogP contribution is -2.32. The Labute approximate surface area is 153 Å². The first-order valence-electron chi connectivity index (χ1n) is 9.55. The van der Waals surface area contributed by atoms with Gasteiger partial charge < -0.3 is 9.52 Å². The SMILES string of the molecule is O=c1occ(CN2CCCCC2)c(O)c1CN1CCc2ccccc2C1. The average molecular weight is 354 g/mol. The molecule has 5 heteroatoms. The van der Waals surface area contributed by atoms with Crippen molar-refractivity contribution in [1.82, 2.24) is 9.80 Å². The van der Waals surface area contributed by atoms with Gasteiger partial charge in [0, 0.05) is 31.7 Å². The van der Waals surface area contributed by atoms with Gasteiger partial charge in [-0.15, -0.1) is 0 Å². The third kappa shape index (κ3) is 3.69. The van der Waals surface area contributed by atoms with Gasteiger partial charge in [0.05, 0.1) is 5.56 Å². The van der Waals surface area contributed by atoms with E-state index in [2.05, 4.69) is 28.0 Å². The Morgan fingerprint density at radius 2 is 1.73 bits per heavy atom. The molecule has 3 heterocycles. The summed E-state index contributed by atoms with van der Waals surface area (Å²) in [6, 6.07) is 8.42. The molecular weight excluding hydrogens is 328 g/mol. The van der Waals surface area contributed by atoms with Crippen LogP contribution in [0.15, 0.2) is 39.7 Å². The number of hydrogen-bond acceptors (Lipinski definition) is 5. The molecule has 4 rings (SSSR count). The number of aromatic hydroxyl groups is 1. The van der Waals surface area contributed by atoms with Crippen molar-refractivity contribution in [2.45, 2.75) is 45.3 Å². The third-order valence-corrected chi connectivity index (χ3v) is 5.58. The minimum absolute atomic E-state index is 0.116. The molecule has 0 unspecified atom stereocenters. The normalized spacial score (nSPS) is 18.6. The maximum atomic E-state index is 12.2. The minimum Gasteiger partial charge on any atom is -0.507 e. The van der Waals surface area contributed by atoms with Crippen LogP contribution in [0.2, 0.25) is 0 Å². The average Bonchev–Trinajstić information content (AvgIpc) is 2.68. The number of fused-ring (bicyclic) bond motifs is 1. The highest BCUT2D eigenvalue weighted by molar-refractivity contribution is 5.37. The van der Waals surface area contributed by atoms with Gasteiger partial charge in [0.1, 0.15) is 12.0 Å². The number of nitrogens with zero attached hydrogens (tertiary/aromatic N) is 2. The molecule has 2 aliphatic heterocycles. The van der Waals surface area contributed by atoms with Crippen LogP contribution < -0.4 is 5.63 Å². The first-order chi connectivity index (χ1) is 12.7. The van der Waals surface area contributed by atoms with Crippen LogP contribution in [-0.2, 0) is 26.1 Å². The molecule has 1 N–H and O–H groups in total. The van der Waals surface area contributed by atoms with Gasteiger partial charge in [-0.25, -0.2) is 4.79 Å². The largest absolute Gasteiger partial charge is 0.507 e. The lowest BCUT2D eigenvalue weighted by molar-refractivity contribution is 0.213. The van der Waals surface area contributed by atoms with Crippen LogP contribution in [0.1, 0.15) is 41.5 Å². The first kappa shape index (κ1) is 17.3. The van der Waals surface area contributed by atoms with Gasteiger partial charge in [0.15, 0.2) is 0 Å². The minimum atomic E-state index is -0.427. The Bertz CT molecular complexity index is 824. The number of likely N-dealkylation sites (tertiary alicyclic amines) is 1. The van der Waals surface area contributed by atoms with Crippen LogP contribution in [0.25, 0.3) is 0 Å². The molecule has 1 fully saturated rings. The quantitative estimate of drug-likeness (QED) is 0.915. The van der Waals surface area contributed by atoms with E-state index in [4.69, 9.17) is 4.42 Å². The summed E-state index contributed by atoms with van der Waals surface area (Å²) in [5.74, 6) is 0.116. The zero-order valence-electron chi connectivity index (χ0n) is 15.1. The van der Waals surface area contributed by atoms with Crippen molar-refractivity contribution >= 4 is 0 Å². The van der Waals surface area contributed by atoms with Crippen molar-refractivity contribution in [2.75, 3.05) is 19.6 Å². The second kappa shape index (κ2) is 7.64. The predicted molar refractivity (Wildman–Crippen MR) is 100 cm³/mol. The molecule has 0 aliphatic carbocycles. The molecule has 0 atom stereocenters. The molecule has 0 saturated carbocycles. The lowest BCUT2D eigenvalue weighted by atomic mass is 9.99. The summed E-state index contributed by atoms with van der Waals surface area (Å²) >= 11 is 0. The number of benzene rings is 1. The van der Waals surface area contributed by atoms with Gasteiger partial charge in [0.2, 0.25) is 0 Å². The molecule has 26 heavy (non-hydrogen) atoms. The molecule has 2 aliphatic rings. The molecular formula is C21H26N2O3. The van der Waals surface area contributed by atoms with Crippen molar-refractivity contribution in [3.8, 4) is 5.75 Å². The van der Waals surface area contributed by atoms with Gasteiger partial charge in [-0.3, -0.25) is 9.80 Å². The summed E-state index contributed by atoms with van der Waals surface area (Å²) in [6.45, 7) is 4.83. The second-order valence-electron chi connectivity index (χ2n) is 7.44. The smallest absolute Gasteiger partial charge is 0.343 e. The lowest BCUT2D eigenvalue weighted by Gasteiger charge is -2.29. The van der Waals surface area contributed by atoms with Crippen LogP contribution >= 0.6 is 0 Å². The van der Waals surface area contributed by atoms with Gasteiger partial charge in [-0.1, -0.05) is 30.7 Å². The van der Waals surface area contributed by atoms with E-state index in [1.807, 2.05) is 6.07 Å².